The molecule has 1 aromatic carbocycles. The number of rotatable bonds is 6. The Morgan fingerprint density at radius 1 is 1.21 bits per heavy atom. The molecule has 0 radical (unpaired) electrons. The van der Waals surface area contributed by atoms with Crippen LogP contribution >= 0.6 is 0 Å². The third kappa shape index (κ3) is 4.21. The predicted molar refractivity (Wildman–Crippen MR) is 131 cm³/mol. The second kappa shape index (κ2) is 9.02. The van der Waals surface area contributed by atoms with E-state index in [0.717, 1.165) is 19.3 Å². The van der Waals surface area contributed by atoms with Crippen LogP contribution in [0.25, 0.3) is 11.0 Å². The summed E-state index contributed by atoms with van der Waals surface area (Å²) in [4.78, 5) is 12.3. The Hall–Kier alpha value is -3.52. The van der Waals surface area contributed by atoms with Gasteiger partial charge in [-0.2, -0.15) is 15.2 Å². The largest absolute Gasteiger partial charge is 0.494 e. The van der Waals surface area contributed by atoms with Gasteiger partial charge in [-0.25, -0.2) is 8.42 Å². The minimum absolute atomic E-state index is 0.154. The fourth-order valence-electron chi connectivity index (χ4n) is 4.68. The highest BCUT2D eigenvalue weighted by molar-refractivity contribution is 7.92. The van der Waals surface area contributed by atoms with E-state index >= 15 is 0 Å². The summed E-state index contributed by atoms with van der Waals surface area (Å²) in [6.45, 7) is 0.461. The molecular weight excluding hydrogens is 454 g/mol. The molecule has 2 aromatic heterocycles. The highest BCUT2D eigenvalue weighted by Gasteiger charge is 2.27. The molecule has 11 heteroatoms. The molecule has 0 atom stereocenters. The van der Waals surface area contributed by atoms with Crippen molar-refractivity contribution in [2.75, 3.05) is 34.3 Å². The van der Waals surface area contributed by atoms with Gasteiger partial charge in [0.1, 0.15) is 23.3 Å². The molecule has 3 heterocycles. The number of nitrogens with one attached hydrogen (secondary N) is 3. The van der Waals surface area contributed by atoms with Crippen LogP contribution < -0.4 is 19.7 Å². The molecule has 0 amide bonds. The van der Waals surface area contributed by atoms with E-state index in [9.17, 15) is 13.7 Å². The number of hydrogen-bond acceptors (Lipinski definition) is 8. The van der Waals surface area contributed by atoms with Crippen molar-refractivity contribution in [2.24, 2.45) is 0 Å². The lowest BCUT2D eigenvalue weighted by atomic mass is 10.2. The molecule has 0 bridgehead atoms. The SMILES string of the molecule is COc1cc(N2CCCCS2(=O)=O)ccc1Nc1nc(NC2CCCC2)c2c(C#N)c[nH]c2n1. The standard InChI is InChI=1S/C23H27N7O3S/c1-33-19-12-17(30-10-4-5-11-34(30,31)32)8-9-18(19)27-23-28-21-20(15(13-24)14-25-21)22(29-23)26-16-6-2-3-7-16/h8-9,12,14,16H,2-7,10-11H2,1H3,(H3,25,26,27,28,29). The molecule has 2 aliphatic rings. The summed E-state index contributed by atoms with van der Waals surface area (Å²) in [5.74, 6) is 1.60. The van der Waals surface area contributed by atoms with E-state index in [2.05, 4.69) is 31.7 Å². The van der Waals surface area contributed by atoms with Crippen LogP contribution in [0.15, 0.2) is 24.4 Å². The number of nitriles is 1. The average molecular weight is 482 g/mol. The Labute approximate surface area is 198 Å². The molecule has 1 aliphatic heterocycles. The van der Waals surface area contributed by atoms with Crippen molar-refractivity contribution in [1.82, 2.24) is 15.0 Å². The van der Waals surface area contributed by atoms with Gasteiger partial charge < -0.3 is 20.4 Å². The second-order valence-electron chi connectivity index (χ2n) is 8.66. The molecule has 1 aliphatic carbocycles. The maximum atomic E-state index is 12.5. The molecule has 3 aromatic rings. The first-order valence-electron chi connectivity index (χ1n) is 11.5. The maximum Gasteiger partial charge on any atom is 0.235 e. The zero-order chi connectivity index (χ0) is 23.7. The zero-order valence-corrected chi connectivity index (χ0v) is 19.8. The first kappa shape index (κ1) is 22.3. The topological polar surface area (TPSA) is 136 Å². The van der Waals surface area contributed by atoms with Crippen LogP contribution in [0.1, 0.15) is 44.1 Å². The highest BCUT2D eigenvalue weighted by atomic mass is 32.2. The van der Waals surface area contributed by atoms with Gasteiger partial charge in [0, 0.05) is 24.8 Å². The fourth-order valence-corrected chi connectivity index (χ4v) is 6.31. The minimum atomic E-state index is -3.32. The number of benzene rings is 1. The minimum Gasteiger partial charge on any atom is -0.494 e. The lowest BCUT2D eigenvalue weighted by Crippen LogP contribution is -2.37. The molecule has 10 nitrogen and oxygen atoms in total. The van der Waals surface area contributed by atoms with Crippen LogP contribution in [0.5, 0.6) is 5.75 Å². The number of ether oxygens (including phenoxy) is 1. The molecule has 2 fully saturated rings. The summed E-state index contributed by atoms with van der Waals surface area (Å²) >= 11 is 0. The second-order valence-corrected chi connectivity index (χ2v) is 10.7. The summed E-state index contributed by atoms with van der Waals surface area (Å²) in [6.07, 6.45) is 7.62. The molecule has 178 valence electrons. The Kier molecular flexibility index (Phi) is 5.91. The lowest BCUT2D eigenvalue weighted by molar-refractivity contribution is 0.417. The van der Waals surface area contributed by atoms with Gasteiger partial charge in [-0.15, -0.1) is 0 Å². The Balaban J connectivity index is 1.48. The van der Waals surface area contributed by atoms with E-state index in [-0.39, 0.29) is 5.75 Å². The smallest absolute Gasteiger partial charge is 0.235 e. The number of aromatic nitrogens is 3. The van der Waals surface area contributed by atoms with Crippen molar-refractivity contribution in [3.8, 4) is 11.8 Å². The lowest BCUT2D eigenvalue weighted by Gasteiger charge is -2.28. The van der Waals surface area contributed by atoms with Crippen molar-refractivity contribution < 1.29 is 13.2 Å². The van der Waals surface area contributed by atoms with E-state index in [4.69, 9.17) is 4.74 Å². The summed E-state index contributed by atoms with van der Waals surface area (Å²) in [7, 11) is -1.78. The van der Waals surface area contributed by atoms with Crippen LogP contribution in [-0.4, -0.2) is 48.8 Å². The molecule has 1 saturated heterocycles. The molecule has 5 rings (SSSR count). The quantitative estimate of drug-likeness (QED) is 0.483. The van der Waals surface area contributed by atoms with Crippen LogP contribution in [-0.2, 0) is 10.0 Å². The average Bonchev–Trinajstić information content (AvgIpc) is 3.49. The molecular formula is C23H27N7O3S. The summed E-state index contributed by atoms with van der Waals surface area (Å²) in [6, 6.07) is 7.75. The van der Waals surface area contributed by atoms with Crippen molar-refractivity contribution in [1.29, 1.82) is 5.26 Å². The van der Waals surface area contributed by atoms with E-state index in [1.54, 1.807) is 24.4 Å². The van der Waals surface area contributed by atoms with Crippen molar-refractivity contribution >= 4 is 44.2 Å². The highest BCUT2D eigenvalue weighted by Crippen LogP contribution is 2.35. The molecule has 0 spiro atoms. The number of H-pyrrole nitrogens is 1. The van der Waals surface area contributed by atoms with Gasteiger partial charge in [0.15, 0.2) is 0 Å². The van der Waals surface area contributed by atoms with Crippen molar-refractivity contribution in [3.05, 3.63) is 30.0 Å². The van der Waals surface area contributed by atoms with Crippen molar-refractivity contribution in [3.63, 3.8) is 0 Å². The van der Waals surface area contributed by atoms with Crippen LogP contribution in [0, 0.1) is 11.3 Å². The van der Waals surface area contributed by atoms with Gasteiger partial charge in [-0.1, -0.05) is 12.8 Å². The number of fused-ring (bicyclic) bond motifs is 1. The molecule has 34 heavy (non-hydrogen) atoms. The van der Waals surface area contributed by atoms with Crippen LogP contribution in [0.4, 0.5) is 23.1 Å². The van der Waals surface area contributed by atoms with Gasteiger partial charge in [-0.05, 0) is 37.8 Å². The zero-order valence-electron chi connectivity index (χ0n) is 19.0. The number of anilines is 4. The monoisotopic (exact) mass is 481 g/mol. The van der Waals surface area contributed by atoms with Gasteiger partial charge in [-0.3, -0.25) is 4.31 Å². The number of methoxy groups -OCH3 is 1. The maximum absolute atomic E-state index is 12.5. The van der Waals surface area contributed by atoms with Gasteiger partial charge in [0.25, 0.3) is 0 Å². The third-order valence-electron chi connectivity index (χ3n) is 6.42. The number of sulfonamides is 1. The molecule has 3 N–H and O–H groups in total. The fraction of sp³-hybridized carbons (Fsp3) is 0.435. The van der Waals surface area contributed by atoms with Crippen LogP contribution in [0.2, 0.25) is 0 Å². The van der Waals surface area contributed by atoms with E-state index in [1.165, 1.54) is 24.3 Å². The first-order valence-corrected chi connectivity index (χ1v) is 13.1. The Morgan fingerprint density at radius 3 is 2.76 bits per heavy atom. The normalized spacial score (nSPS) is 18.1. The predicted octanol–water partition coefficient (Wildman–Crippen LogP) is 3.87. The number of hydrogen-bond donors (Lipinski definition) is 3. The molecule has 0 unspecified atom stereocenters. The summed E-state index contributed by atoms with van der Waals surface area (Å²) in [5.41, 5.74) is 2.24. The number of aromatic amines is 1. The van der Waals surface area contributed by atoms with E-state index in [1.807, 2.05) is 0 Å². The van der Waals surface area contributed by atoms with E-state index in [0.29, 0.717) is 64.5 Å². The summed E-state index contributed by atoms with van der Waals surface area (Å²) in [5, 5.41) is 16.9. The summed E-state index contributed by atoms with van der Waals surface area (Å²) < 4.78 is 32.0. The van der Waals surface area contributed by atoms with Gasteiger partial charge >= 0.3 is 0 Å². The Bertz CT molecular complexity index is 1360. The van der Waals surface area contributed by atoms with Gasteiger partial charge in [0.05, 0.1) is 35.2 Å². The molecule has 1 saturated carbocycles. The van der Waals surface area contributed by atoms with E-state index < -0.39 is 10.0 Å². The Morgan fingerprint density at radius 2 is 2.03 bits per heavy atom. The number of nitrogens with zero attached hydrogens (tertiary/aromatic N) is 4. The third-order valence-corrected chi connectivity index (χ3v) is 8.29. The first-order chi connectivity index (χ1) is 16.5. The van der Waals surface area contributed by atoms with Crippen LogP contribution in [0.3, 0.4) is 0 Å². The van der Waals surface area contributed by atoms with Crippen molar-refractivity contribution in [2.45, 2.75) is 44.6 Å². The van der Waals surface area contributed by atoms with Gasteiger partial charge in [0.2, 0.25) is 16.0 Å².